The number of carbonyl (C=O) groups is 1. The van der Waals surface area contributed by atoms with Crippen molar-refractivity contribution in [3.05, 3.63) is 47.5 Å². The van der Waals surface area contributed by atoms with Gasteiger partial charge in [0.1, 0.15) is 11.4 Å². The number of anilines is 1. The Hall–Kier alpha value is -2.89. The van der Waals surface area contributed by atoms with Crippen LogP contribution in [0.25, 0.3) is 0 Å². The van der Waals surface area contributed by atoms with Gasteiger partial charge in [0.15, 0.2) is 11.5 Å². The van der Waals surface area contributed by atoms with E-state index in [4.69, 9.17) is 4.74 Å². The molecule has 2 aliphatic rings. The number of phenols is 2. The van der Waals surface area contributed by atoms with Gasteiger partial charge in [-0.05, 0) is 32.0 Å². The number of aromatic hydroxyl groups is 2. The van der Waals surface area contributed by atoms with Gasteiger partial charge in [-0.25, -0.2) is 0 Å². The predicted molar refractivity (Wildman–Crippen MR) is 103 cm³/mol. The van der Waals surface area contributed by atoms with Crippen LogP contribution < -0.4 is 9.64 Å². The molecule has 0 saturated carbocycles. The molecule has 6 nitrogen and oxygen atoms in total. The number of hydrogen-bond donors (Lipinski definition) is 2. The molecule has 0 atom stereocenters. The van der Waals surface area contributed by atoms with Crippen LogP contribution in [0.2, 0.25) is 0 Å². The molecule has 142 valence electrons. The first-order chi connectivity index (χ1) is 12.9. The zero-order valence-electron chi connectivity index (χ0n) is 15.6. The highest BCUT2D eigenvalue weighted by molar-refractivity contribution is 5.98. The molecule has 2 aromatic carbocycles. The van der Waals surface area contributed by atoms with Gasteiger partial charge < -0.3 is 24.7 Å². The van der Waals surface area contributed by atoms with E-state index in [9.17, 15) is 15.0 Å². The third-order valence-electron chi connectivity index (χ3n) is 5.23. The molecule has 1 saturated heterocycles. The first-order valence-corrected chi connectivity index (χ1v) is 9.22. The Balaban J connectivity index is 1.49. The summed E-state index contributed by atoms with van der Waals surface area (Å²) in [6.45, 7) is 6.22. The number of fused-ring (bicyclic) bond motifs is 1. The van der Waals surface area contributed by atoms with E-state index in [-0.39, 0.29) is 28.6 Å². The van der Waals surface area contributed by atoms with Gasteiger partial charge in [0.2, 0.25) is 0 Å². The molecule has 2 N–H and O–H groups in total. The van der Waals surface area contributed by atoms with Crippen molar-refractivity contribution in [2.45, 2.75) is 25.9 Å². The van der Waals surface area contributed by atoms with Crippen LogP contribution in [0.1, 0.15) is 29.8 Å². The van der Waals surface area contributed by atoms with Crippen LogP contribution in [0.4, 0.5) is 5.69 Å². The zero-order chi connectivity index (χ0) is 19.2. The summed E-state index contributed by atoms with van der Waals surface area (Å²) in [5.74, 6) is 0.416. The van der Waals surface area contributed by atoms with Crippen molar-refractivity contribution >= 4 is 11.6 Å². The highest BCUT2D eigenvalue weighted by Crippen LogP contribution is 2.43. The minimum atomic E-state index is -0.370. The number of rotatable bonds is 2. The SMILES string of the molecule is CC1(C)Cc2ccc(C(=O)N3CCN(c4ccccc4O)CC3)c(O)c2O1. The molecule has 0 spiro atoms. The number of ether oxygens (including phenoxy) is 1. The van der Waals surface area contributed by atoms with E-state index in [2.05, 4.69) is 4.90 Å². The van der Waals surface area contributed by atoms with Gasteiger partial charge in [0.25, 0.3) is 5.91 Å². The molecule has 0 aromatic heterocycles. The molecule has 2 heterocycles. The predicted octanol–water partition coefficient (Wildman–Crippen LogP) is 2.77. The quantitative estimate of drug-likeness (QED) is 0.853. The van der Waals surface area contributed by atoms with Gasteiger partial charge >= 0.3 is 0 Å². The molecule has 2 aliphatic heterocycles. The lowest BCUT2D eigenvalue weighted by molar-refractivity contribution is 0.0741. The summed E-state index contributed by atoms with van der Waals surface area (Å²) in [5, 5.41) is 20.6. The van der Waals surface area contributed by atoms with Crippen LogP contribution in [0.5, 0.6) is 17.2 Å². The third kappa shape index (κ3) is 3.16. The van der Waals surface area contributed by atoms with E-state index >= 15 is 0 Å². The summed E-state index contributed by atoms with van der Waals surface area (Å²) >= 11 is 0. The second kappa shape index (κ2) is 6.37. The van der Waals surface area contributed by atoms with Gasteiger partial charge in [-0.1, -0.05) is 18.2 Å². The third-order valence-corrected chi connectivity index (χ3v) is 5.23. The lowest BCUT2D eigenvalue weighted by Crippen LogP contribution is -2.48. The fraction of sp³-hybridized carbons (Fsp3) is 0.381. The Morgan fingerprint density at radius 3 is 2.44 bits per heavy atom. The Bertz CT molecular complexity index is 886. The first kappa shape index (κ1) is 17.5. The number of phenolic OH excluding ortho intramolecular Hbond substituents is 2. The van der Waals surface area contributed by atoms with Crippen LogP contribution in [-0.2, 0) is 6.42 Å². The average molecular weight is 368 g/mol. The van der Waals surface area contributed by atoms with Gasteiger partial charge in [0, 0.05) is 38.2 Å². The number of amides is 1. The largest absolute Gasteiger partial charge is 0.506 e. The lowest BCUT2D eigenvalue weighted by atomic mass is 10.00. The summed E-state index contributed by atoms with van der Waals surface area (Å²) in [6.07, 6.45) is 0.712. The fourth-order valence-electron chi connectivity index (χ4n) is 3.86. The molecule has 4 rings (SSSR count). The number of nitrogens with zero attached hydrogens (tertiary/aromatic N) is 2. The van der Waals surface area contributed by atoms with Crippen molar-refractivity contribution in [1.82, 2.24) is 4.90 Å². The number of carbonyl (C=O) groups excluding carboxylic acids is 1. The van der Waals surface area contributed by atoms with Crippen molar-refractivity contribution in [2.24, 2.45) is 0 Å². The Morgan fingerprint density at radius 2 is 1.74 bits per heavy atom. The molecular formula is C21H24N2O4. The summed E-state index contributed by atoms with van der Waals surface area (Å²) in [5.41, 5.74) is 1.62. The Labute approximate surface area is 158 Å². The number of hydrogen-bond acceptors (Lipinski definition) is 5. The maximum Gasteiger partial charge on any atom is 0.257 e. The second-order valence-corrected chi connectivity index (χ2v) is 7.76. The van der Waals surface area contributed by atoms with E-state index in [1.54, 1.807) is 23.1 Å². The lowest BCUT2D eigenvalue weighted by Gasteiger charge is -2.36. The van der Waals surface area contributed by atoms with Gasteiger partial charge in [-0.15, -0.1) is 0 Å². The summed E-state index contributed by atoms with van der Waals surface area (Å²) in [4.78, 5) is 16.7. The molecule has 0 radical (unpaired) electrons. The number of para-hydroxylation sites is 2. The Kier molecular flexibility index (Phi) is 4.13. The van der Waals surface area contributed by atoms with Crippen molar-refractivity contribution < 1.29 is 19.7 Å². The van der Waals surface area contributed by atoms with Gasteiger partial charge in [-0.2, -0.15) is 0 Å². The van der Waals surface area contributed by atoms with E-state index in [0.29, 0.717) is 38.3 Å². The molecule has 1 fully saturated rings. The molecule has 2 aromatic rings. The van der Waals surface area contributed by atoms with Crippen LogP contribution in [0, 0.1) is 0 Å². The van der Waals surface area contributed by atoms with Crippen molar-refractivity contribution in [1.29, 1.82) is 0 Å². The maximum atomic E-state index is 12.9. The van der Waals surface area contributed by atoms with Crippen molar-refractivity contribution in [3.63, 3.8) is 0 Å². The molecular weight excluding hydrogens is 344 g/mol. The molecule has 1 amide bonds. The Morgan fingerprint density at radius 1 is 1.04 bits per heavy atom. The van der Waals surface area contributed by atoms with Gasteiger partial charge in [-0.3, -0.25) is 4.79 Å². The van der Waals surface area contributed by atoms with E-state index < -0.39 is 0 Å². The van der Waals surface area contributed by atoms with E-state index in [0.717, 1.165) is 11.3 Å². The van der Waals surface area contributed by atoms with Crippen LogP contribution in [0.3, 0.4) is 0 Å². The molecule has 0 unspecified atom stereocenters. The molecule has 6 heteroatoms. The molecule has 0 bridgehead atoms. The van der Waals surface area contributed by atoms with Crippen LogP contribution >= 0.6 is 0 Å². The van der Waals surface area contributed by atoms with Crippen molar-refractivity contribution in [2.75, 3.05) is 31.1 Å². The fourth-order valence-corrected chi connectivity index (χ4v) is 3.86. The van der Waals surface area contributed by atoms with Crippen molar-refractivity contribution in [3.8, 4) is 17.2 Å². The summed E-state index contributed by atoms with van der Waals surface area (Å²) < 4.78 is 5.83. The standard InChI is InChI=1S/C21H24N2O4/c1-21(2)13-14-7-8-15(18(25)19(14)27-21)20(26)23-11-9-22(10-12-23)16-5-3-4-6-17(16)24/h3-8,24-25H,9-13H2,1-2H3. The monoisotopic (exact) mass is 368 g/mol. The van der Waals surface area contributed by atoms with Crippen LogP contribution in [0.15, 0.2) is 36.4 Å². The minimum absolute atomic E-state index is 0.0637. The highest BCUT2D eigenvalue weighted by atomic mass is 16.5. The summed E-state index contributed by atoms with van der Waals surface area (Å²) in [7, 11) is 0. The minimum Gasteiger partial charge on any atom is -0.506 e. The topological polar surface area (TPSA) is 73.2 Å². The zero-order valence-corrected chi connectivity index (χ0v) is 15.6. The highest BCUT2D eigenvalue weighted by Gasteiger charge is 2.35. The smallest absolute Gasteiger partial charge is 0.257 e. The normalized spacial score (nSPS) is 18.1. The van der Waals surface area contributed by atoms with Crippen LogP contribution in [-0.4, -0.2) is 52.8 Å². The van der Waals surface area contributed by atoms with E-state index in [1.807, 2.05) is 32.0 Å². The van der Waals surface area contributed by atoms with Gasteiger partial charge in [0.05, 0.1) is 11.3 Å². The summed E-state index contributed by atoms with van der Waals surface area (Å²) in [6, 6.07) is 10.8. The van der Waals surface area contributed by atoms with E-state index in [1.165, 1.54) is 0 Å². The first-order valence-electron chi connectivity index (χ1n) is 9.22. The average Bonchev–Trinajstić information content (AvgIpc) is 2.97. The second-order valence-electron chi connectivity index (χ2n) is 7.76. The molecule has 27 heavy (non-hydrogen) atoms. The maximum absolute atomic E-state index is 12.9. The number of piperazine rings is 1. The number of benzene rings is 2. The molecule has 0 aliphatic carbocycles.